The minimum atomic E-state index is -0.115. The van der Waals surface area contributed by atoms with Crippen molar-refractivity contribution >= 4 is 11.7 Å². The number of ether oxygens (including phenoxy) is 2. The Morgan fingerprint density at radius 1 is 1.38 bits per heavy atom. The maximum Gasteiger partial charge on any atom is 0.246 e. The first-order chi connectivity index (χ1) is 7.72. The number of hydrogen-bond acceptors (Lipinski definition) is 4. The highest BCUT2D eigenvalue weighted by molar-refractivity contribution is 5.80. The molecule has 1 amide bonds. The Labute approximate surface area is 95.5 Å². The summed E-state index contributed by atoms with van der Waals surface area (Å²) < 4.78 is 9.89. The Balaban J connectivity index is 2.07. The third-order valence-corrected chi connectivity index (χ3v) is 2.57. The van der Waals surface area contributed by atoms with E-state index in [4.69, 9.17) is 9.47 Å². The molecule has 1 N–H and O–H groups in total. The number of hydrogen-bond donors (Lipinski definition) is 1. The maximum atomic E-state index is 11.4. The third kappa shape index (κ3) is 5.23. The van der Waals surface area contributed by atoms with E-state index < -0.39 is 0 Å². The molecule has 0 aromatic carbocycles. The molecular formula is C11H19NO4. The summed E-state index contributed by atoms with van der Waals surface area (Å²) in [5.41, 5.74) is 0. The van der Waals surface area contributed by atoms with Gasteiger partial charge in [-0.2, -0.15) is 0 Å². The summed E-state index contributed by atoms with van der Waals surface area (Å²) in [6, 6.07) is 0.135. The summed E-state index contributed by atoms with van der Waals surface area (Å²) in [5, 5.41) is 2.86. The summed E-state index contributed by atoms with van der Waals surface area (Å²) in [6.45, 7) is 0.978. The lowest BCUT2D eigenvalue weighted by Crippen LogP contribution is -2.39. The topological polar surface area (TPSA) is 64.6 Å². The predicted octanol–water partition coefficient (Wildman–Crippen LogP) is 0.277. The minimum absolute atomic E-state index is 0.0633. The molecule has 1 fully saturated rings. The molecule has 1 rings (SSSR count). The fourth-order valence-electron chi connectivity index (χ4n) is 1.66. The van der Waals surface area contributed by atoms with Gasteiger partial charge < -0.3 is 14.8 Å². The predicted molar refractivity (Wildman–Crippen MR) is 58.1 cm³/mol. The smallest absolute Gasteiger partial charge is 0.246 e. The first-order valence-corrected chi connectivity index (χ1v) is 5.60. The van der Waals surface area contributed by atoms with Gasteiger partial charge in [0.1, 0.15) is 12.4 Å². The molecule has 0 aromatic heterocycles. The summed E-state index contributed by atoms with van der Waals surface area (Å²) in [6.07, 6.45) is 2.66. The van der Waals surface area contributed by atoms with Crippen LogP contribution in [0.15, 0.2) is 0 Å². The monoisotopic (exact) mass is 229 g/mol. The van der Waals surface area contributed by atoms with Crippen LogP contribution in [0.2, 0.25) is 0 Å². The van der Waals surface area contributed by atoms with Gasteiger partial charge in [0, 0.05) is 26.0 Å². The van der Waals surface area contributed by atoms with Gasteiger partial charge in [-0.1, -0.05) is 0 Å². The van der Waals surface area contributed by atoms with Crippen molar-refractivity contribution in [2.24, 2.45) is 0 Å². The molecule has 0 atom stereocenters. The highest BCUT2D eigenvalue weighted by Crippen LogP contribution is 2.14. The Morgan fingerprint density at radius 3 is 2.69 bits per heavy atom. The second kappa shape index (κ2) is 7.35. The largest absolute Gasteiger partial charge is 0.382 e. The van der Waals surface area contributed by atoms with E-state index in [-0.39, 0.29) is 18.6 Å². The van der Waals surface area contributed by atoms with E-state index in [1.807, 2.05) is 0 Å². The van der Waals surface area contributed by atoms with Crippen LogP contribution >= 0.6 is 0 Å². The van der Waals surface area contributed by atoms with Crippen LogP contribution in [0.25, 0.3) is 0 Å². The first-order valence-electron chi connectivity index (χ1n) is 5.60. The highest BCUT2D eigenvalue weighted by Gasteiger charge is 2.19. The van der Waals surface area contributed by atoms with Crippen molar-refractivity contribution in [1.29, 1.82) is 0 Å². The van der Waals surface area contributed by atoms with E-state index in [9.17, 15) is 9.59 Å². The van der Waals surface area contributed by atoms with Crippen LogP contribution < -0.4 is 5.32 Å². The number of carbonyl (C=O) groups excluding carboxylic acids is 2. The minimum Gasteiger partial charge on any atom is -0.382 e. The summed E-state index contributed by atoms with van der Waals surface area (Å²) >= 11 is 0. The molecule has 1 aliphatic carbocycles. The zero-order valence-electron chi connectivity index (χ0n) is 9.66. The molecule has 0 saturated heterocycles. The van der Waals surface area contributed by atoms with Gasteiger partial charge in [0.15, 0.2) is 0 Å². The first kappa shape index (κ1) is 13.1. The van der Waals surface area contributed by atoms with Crippen LogP contribution in [0, 0.1) is 0 Å². The average molecular weight is 229 g/mol. The van der Waals surface area contributed by atoms with Crippen molar-refractivity contribution in [2.75, 3.05) is 26.9 Å². The van der Waals surface area contributed by atoms with Crippen LogP contribution in [-0.4, -0.2) is 44.7 Å². The summed E-state index contributed by atoms with van der Waals surface area (Å²) in [7, 11) is 1.59. The van der Waals surface area contributed by atoms with Gasteiger partial charge in [-0.25, -0.2) is 0 Å². The lowest BCUT2D eigenvalue weighted by Gasteiger charge is -2.22. The van der Waals surface area contributed by atoms with Gasteiger partial charge in [-0.05, 0) is 12.8 Å². The fourth-order valence-corrected chi connectivity index (χ4v) is 1.66. The Kier molecular flexibility index (Phi) is 6.03. The van der Waals surface area contributed by atoms with E-state index in [1.54, 1.807) is 7.11 Å². The van der Waals surface area contributed by atoms with Gasteiger partial charge in [0.05, 0.1) is 13.2 Å². The standard InChI is InChI=1S/C11H19NO4/c1-15-6-7-16-8-11(14)12-9-2-4-10(13)5-3-9/h9H,2-8H2,1H3,(H,12,14). The molecule has 0 spiro atoms. The number of carbonyl (C=O) groups is 2. The Hall–Kier alpha value is -0.940. The summed E-state index contributed by atoms with van der Waals surface area (Å²) in [4.78, 5) is 22.4. The van der Waals surface area contributed by atoms with Crippen LogP contribution in [0.5, 0.6) is 0 Å². The molecule has 0 aromatic rings. The lowest BCUT2D eigenvalue weighted by atomic mass is 9.94. The second-order valence-corrected chi connectivity index (χ2v) is 3.93. The van der Waals surface area contributed by atoms with Crippen molar-refractivity contribution in [3.8, 4) is 0 Å². The molecule has 16 heavy (non-hydrogen) atoms. The molecule has 1 saturated carbocycles. The molecule has 1 aliphatic rings. The lowest BCUT2D eigenvalue weighted by molar-refractivity contribution is -0.128. The third-order valence-electron chi connectivity index (χ3n) is 2.57. The zero-order chi connectivity index (χ0) is 11.8. The van der Waals surface area contributed by atoms with Gasteiger partial charge in [-0.15, -0.1) is 0 Å². The quantitative estimate of drug-likeness (QED) is 0.664. The SMILES string of the molecule is COCCOCC(=O)NC1CCC(=O)CC1. The number of ketones is 1. The number of methoxy groups -OCH3 is 1. The average Bonchev–Trinajstić information content (AvgIpc) is 2.28. The number of Topliss-reactive ketones (excluding diaryl/α,β-unsaturated/α-hetero) is 1. The van der Waals surface area contributed by atoms with Crippen molar-refractivity contribution < 1.29 is 19.1 Å². The summed E-state index contributed by atoms with van der Waals surface area (Å²) in [5.74, 6) is 0.178. The van der Waals surface area contributed by atoms with E-state index in [2.05, 4.69) is 5.32 Å². The Bertz CT molecular complexity index is 232. The van der Waals surface area contributed by atoms with E-state index in [0.29, 0.717) is 31.8 Å². The normalized spacial score (nSPS) is 17.4. The maximum absolute atomic E-state index is 11.4. The Morgan fingerprint density at radius 2 is 2.06 bits per heavy atom. The molecular weight excluding hydrogens is 210 g/mol. The molecule has 92 valence electrons. The molecule has 0 unspecified atom stereocenters. The molecule has 5 nitrogen and oxygen atoms in total. The second-order valence-electron chi connectivity index (χ2n) is 3.93. The number of rotatable bonds is 6. The molecule has 0 bridgehead atoms. The van der Waals surface area contributed by atoms with Crippen molar-refractivity contribution in [3.05, 3.63) is 0 Å². The van der Waals surface area contributed by atoms with Crippen LogP contribution in [0.3, 0.4) is 0 Å². The van der Waals surface area contributed by atoms with E-state index >= 15 is 0 Å². The van der Waals surface area contributed by atoms with Gasteiger partial charge in [0.2, 0.25) is 5.91 Å². The molecule has 0 heterocycles. The van der Waals surface area contributed by atoms with Gasteiger partial charge >= 0.3 is 0 Å². The van der Waals surface area contributed by atoms with Crippen molar-refractivity contribution in [2.45, 2.75) is 31.7 Å². The van der Waals surface area contributed by atoms with Crippen LogP contribution in [-0.2, 0) is 19.1 Å². The van der Waals surface area contributed by atoms with Gasteiger partial charge in [0.25, 0.3) is 0 Å². The zero-order valence-corrected chi connectivity index (χ0v) is 9.66. The number of nitrogens with one attached hydrogen (secondary N) is 1. The van der Waals surface area contributed by atoms with Crippen LogP contribution in [0.4, 0.5) is 0 Å². The molecule has 0 radical (unpaired) electrons. The number of amides is 1. The molecule has 0 aliphatic heterocycles. The molecule has 5 heteroatoms. The van der Waals surface area contributed by atoms with E-state index in [1.165, 1.54) is 0 Å². The van der Waals surface area contributed by atoms with E-state index in [0.717, 1.165) is 12.8 Å². The van der Waals surface area contributed by atoms with Gasteiger partial charge in [-0.3, -0.25) is 9.59 Å². The van der Waals surface area contributed by atoms with Crippen LogP contribution in [0.1, 0.15) is 25.7 Å². The van der Waals surface area contributed by atoms with Crippen molar-refractivity contribution in [3.63, 3.8) is 0 Å². The highest BCUT2D eigenvalue weighted by atomic mass is 16.5. The van der Waals surface area contributed by atoms with Crippen molar-refractivity contribution in [1.82, 2.24) is 5.32 Å². The fraction of sp³-hybridized carbons (Fsp3) is 0.818.